The van der Waals surface area contributed by atoms with Gasteiger partial charge >= 0.3 is 0 Å². The van der Waals surface area contributed by atoms with E-state index in [9.17, 15) is 13.2 Å². The average molecular weight is 423 g/mol. The highest BCUT2D eigenvalue weighted by atomic mass is 79.9. The van der Waals surface area contributed by atoms with Crippen LogP contribution in [0.1, 0.15) is 16.1 Å². The van der Waals surface area contributed by atoms with Crippen molar-refractivity contribution in [3.63, 3.8) is 0 Å². The third-order valence-electron chi connectivity index (χ3n) is 3.68. The molecule has 1 aromatic heterocycles. The van der Waals surface area contributed by atoms with Crippen molar-refractivity contribution >= 4 is 42.8 Å². The Labute approximate surface area is 153 Å². The predicted molar refractivity (Wildman–Crippen MR) is 97.8 cm³/mol. The lowest BCUT2D eigenvalue weighted by Gasteiger charge is -2.06. The van der Waals surface area contributed by atoms with Gasteiger partial charge in [0.2, 0.25) is 10.0 Å². The van der Waals surface area contributed by atoms with Crippen LogP contribution in [-0.2, 0) is 16.6 Å². The lowest BCUT2D eigenvalue weighted by atomic mass is 10.2. The Morgan fingerprint density at radius 3 is 2.52 bits per heavy atom. The van der Waals surface area contributed by atoms with E-state index in [4.69, 9.17) is 4.42 Å². The van der Waals surface area contributed by atoms with Gasteiger partial charge in [0.15, 0.2) is 5.76 Å². The Balaban J connectivity index is 1.70. The highest BCUT2D eigenvalue weighted by molar-refractivity contribution is 9.10. The van der Waals surface area contributed by atoms with Gasteiger partial charge in [-0.2, -0.15) is 0 Å². The van der Waals surface area contributed by atoms with Gasteiger partial charge in [0, 0.05) is 11.9 Å². The van der Waals surface area contributed by atoms with Crippen molar-refractivity contribution in [3.05, 3.63) is 64.3 Å². The van der Waals surface area contributed by atoms with Crippen molar-refractivity contribution < 1.29 is 17.6 Å². The van der Waals surface area contributed by atoms with E-state index in [1.165, 1.54) is 19.2 Å². The first-order valence-electron chi connectivity index (χ1n) is 7.39. The first kappa shape index (κ1) is 17.7. The summed E-state index contributed by atoms with van der Waals surface area (Å²) in [6, 6.07) is 13.5. The number of nitrogens with one attached hydrogen (secondary N) is 2. The summed E-state index contributed by atoms with van der Waals surface area (Å²) in [4.78, 5) is 12.4. The molecule has 2 N–H and O–H groups in total. The fourth-order valence-electron chi connectivity index (χ4n) is 2.31. The van der Waals surface area contributed by atoms with Crippen LogP contribution in [0.25, 0.3) is 11.0 Å². The van der Waals surface area contributed by atoms with Crippen LogP contribution in [0, 0.1) is 0 Å². The number of benzene rings is 2. The van der Waals surface area contributed by atoms with Gasteiger partial charge < -0.3 is 9.73 Å². The third-order valence-corrected chi connectivity index (χ3v) is 5.73. The van der Waals surface area contributed by atoms with E-state index in [2.05, 4.69) is 26.0 Å². The van der Waals surface area contributed by atoms with Crippen molar-refractivity contribution in [1.82, 2.24) is 10.0 Å². The zero-order valence-corrected chi connectivity index (χ0v) is 15.6. The smallest absolute Gasteiger partial charge is 0.287 e. The Hall–Kier alpha value is -2.16. The standard InChI is InChI=1S/C17H15BrN2O4S/c1-19-25(22,23)13-7-5-11(6-8-13)10-20-17(21)15-9-12-3-2-4-14(18)16(12)24-15/h2-9,19H,10H2,1H3,(H,20,21). The largest absolute Gasteiger partial charge is 0.450 e. The number of sulfonamides is 1. The van der Waals surface area contributed by atoms with Crippen molar-refractivity contribution in [2.45, 2.75) is 11.4 Å². The summed E-state index contributed by atoms with van der Waals surface area (Å²) in [7, 11) is -2.11. The normalized spacial score (nSPS) is 11.6. The van der Waals surface area contributed by atoms with Crippen LogP contribution in [-0.4, -0.2) is 21.4 Å². The van der Waals surface area contributed by atoms with Crippen molar-refractivity contribution in [2.75, 3.05) is 7.05 Å². The van der Waals surface area contributed by atoms with Crippen LogP contribution < -0.4 is 10.0 Å². The molecule has 0 saturated heterocycles. The maximum absolute atomic E-state index is 12.2. The molecule has 8 heteroatoms. The maximum atomic E-state index is 12.2. The summed E-state index contributed by atoms with van der Waals surface area (Å²) in [5.74, 6) is -0.119. The van der Waals surface area contributed by atoms with Crippen LogP contribution in [0.5, 0.6) is 0 Å². The molecule has 0 aliphatic rings. The molecule has 3 aromatic rings. The molecule has 0 saturated carbocycles. The summed E-state index contributed by atoms with van der Waals surface area (Å²) >= 11 is 3.38. The van der Waals surface area contributed by atoms with Gasteiger partial charge in [0.05, 0.1) is 9.37 Å². The van der Waals surface area contributed by atoms with E-state index in [0.717, 1.165) is 15.4 Å². The number of rotatable bonds is 5. The third kappa shape index (κ3) is 3.76. The van der Waals surface area contributed by atoms with Gasteiger partial charge in [-0.15, -0.1) is 0 Å². The fourth-order valence-corrected chi connectivity index (χ4v) is 3.51. The Morgan fingerprint density at radius 1 is 1.16 bits per heavy atom. The molecule has 25 heavy (non-hydrogen) atoms. The van der Waals surface area contributed by atoms with E-state index in [-0.39, 0.29) is 23.1 Å². The Kier molecular flexibility index (Phi) is 4.94. The summed E-state index contributed by atoms with van der Waals surface area (Å²) in [6.07, 6.45) is 0. The summed E-state index contributed by atoms with van der Waals surface area (Å²) in [5, 5.41) is 3.59. The molecule has 0 fully saturated rings. The lowest BCUT2D eigenvalue weighted by Crippen LogP contribution is -2.22. The SMILES string of the molecule is CNS(=O)(=O)c1ccc(CNC(=O)c2cc3cccc(Br)c3o2)cc1. The second-order valence-corrected chi connectivity index (χ2v) is 8.04. The van der Waals surface area contributed by atoms with Crippen LogP contribution in [0.3, 0.4) is 0 Å². The lowest BCUT2D eigenvalue weighted by molar-refractivity contribution is 0.0925. The minimum atomic E-state index is -3.46. The van der Waals surface area contributed by atoms with Crippen LogP contribution in [0.2, 0.25) is 0 Å². The van der Waals surface area contributed by atoms with Crippen LogP contribution in [0.4, 0.5) is 0 Å². The highest BCUT2D eigenvalue weighted by Crippen LogP contribution is 2.26. The molecular weight excluding hydrogens is 408 g/mol. The van der Waals surface area contributed by atoms with E-state index in [1.54, 1.807) is 18.2 Å². The zero-order valence-electron chi connectivity index (χ0n) is 13.2. The van der Waals surface area contributed by atoms with E-state index < -0.39 is 10.0 Å². The van der Waals surface area contributed by atoms with E-state index in [1.807, 2.05) is 18.2 Å². The van der Waals surface area contributed by atoms with Crippen molar-refractivity contribution in [1.29, 1.82) is 0 Å². The average Bonchev–Trinajstić information content (AvgIpc) is 3.06. The molecule has 0 aliphatic carbocycles. The van der Waals surface area contributed by atoms with Crippen LogP contribution >= 0.6 is 15.9 Å². The number of carbonyl (C=O) groups is 1. The molecule has 0 radical (unpaired) electrons. The topological polar surface area (TPSA) is 88.4 Å². The predicted octanol–water partition coefficient (Wildman–Crippen LogP) is 3.03. The van der Waals surface area contributed by atoms with E-state index in [0.29, 0.717) is 5.58 Å². The molecule has 1 heterocycles. The molecule has 0 unspecified atom stereocenters. The number of furan rings is 1. The number of fused-ring (bicyclic) bond motifs is 1. The second kappa shape index (κ2) is 6.99. The number of hydrogen-bond acceptors (Lipinski definition) is 4. The summed E-state index contributed by atoms with van der Waals surface area (Å²) in [6.45, 7) is 0.261. The summed E-state index contributed by atoms with van der Waals surface area (Å²) in [5.41, 5.74) is 1.40. The first-order chi connectivity index (χ1) is 11.9. The second-order valence-electron chi connectivity index (χ2n) is 5.30. The van der Waals surface area contributed by atoms with E-state index >= 15 is 0 Å². The number of para-hydroxylation sites is 1. The Bertz CT molecular complexity index is 1030. The zero-order chi connectivity index (χ0) is 18.0. The first-order valence-corrected chi connectivity index (χ1v) is 9.67. The minimum absolute atomic E-state index is 0.173. The molecule has 0 spiro atoms. The maximum Gasteiger partial charge on any atom is 0.287 e. The fraction of sp³-hybridized carbons (Fsp3) is 0.118. The monoisotopic (exact) mass is 422 g/mol. The molecule has 1 amide bonds. The molecule has 130 valence electrons. The van der Waals surface area contributed by atoms with Gasteiger partial charge in [-0.1, -0.05) is 24.3 Å². The number of halogens is 1. The van der Waals surface area contributed by atoms with Crippen molar-refractivity contribution in [3.8, 4) is 0 Å². The van der Waals surface area contributed by atoms with Crippen molar-refractivity contribution in [2.24, 2.45) is 0 Å². The summed E-state index contributed by atoms with van der Waals surface area (Å²) < 4.78 is 32.0. The van der Waals surface area contributed by atoms with Crippen LogP contribution in [0.15, 0.2) is 62.3 Å². The Morgan fingerprint density at radius 2 is 1.88 bits per heavy atom. The van der Waals surface area contributed by atoms with Gasteiger partial charge in [0.25, 0.3) is 5.91 Å². The number of hydrogen-bond donors (Lipinski definition) is 2. The molecule has 0 atom stereocenters. The minimum Gasteiger partial charge on any atom is -0.450 e. The molecule has 2 aromatic carbocycles. The van der Waals surface area contributed by atoms with Gasteiger partial charge in [-0.3, -0.25) is 4.79 Å². The quantitative estimate of drug-likeness (QED) is 0.661. The van der Waals surface area contributed by atoms with Gasteiger partial charge in [-0.25, -0.2) is 13.1 Å². The number of amides is 1. The molecule has 0 bridgehead atoms. The molecular formula is C17H15BrN2O4S. The van der Waals surface area contributed by atoms with Gasteiger partial charge in [0.1, 0.15) is 5.58 Å². The molecule has 3 rings (SSSR count). The molecule has 6 nitrogen and oxygen atoms in total. The van der Waals surface area contributed by atoms with Gasteiger partial charge in [-0.05, 0) is 52.8 Å². The number of carbonyl (C=O) groups excluding carboxylic acids is 1. The molecule has 0 aliphatic heterocycles. The highest BCUT2D eigenvalue weighted by Gasteiger charge is 2.14.